The number of nitrogens with zero attached hydrogens (tertiary/aromatic N) is 2. The standard InChI is InChI=1S/C27H35Cl2N5O3/c1-19-18-33(14-15-34(19)27(37)31-21-11-12-22(28)23(29)17-21)26(36)24(16-20-8-4-2-5-9-20)32-25(35)10-6-3-7-13-30/h2,4-5,8-9,11-12,17,19,24H,3,6-7,10,13-16,18,30H2,1H3,(H,31,37)(H,32,35). The average molecular weight is 549 g/mol. The zero-order chi connectivity index (χ0) is 26.8. The average Bonchev–Trinajstić information content (AvgIpc) is 2.88. The van der Waals surface area contributed by atoms with E-state index in [2.05, 4.69) is 10.6 Å². The van der Waals surface area contributed by atoms with Gasteiger partial charge in [-0.15, -0.1) is 0 Å². The summed E-state index contributed by atoms with van der Waals surface area (Å²) in [6.45, 7) is 3.61. The Hall–Kier alpha value is -2.81. The van der Waals surface area contributed by atoms with E-state index < -0.39 is 6.04 Å². The van der Waals surface area contributed by atoms with Crippen molar-refractivity contribution in [3.05, 3.63) is 64.1 Å². The number of nitrogens with one attached hydrogen (secondary N) is 2. The van der Waals surface area contributed by atoms with E-state index in [0.29, 0.717) is 54.8 Å². The molecule has 2 unspecified atom stereocenters. The van der Waals surface area contributed by atoms with E-state index in [4.69, 9.17) is 28.9 Å². The molecule has 2 aromatic rings. The summed E-state index contributed by atoms with van der Waals surface area (Å²) in [4.78, 5) is 42.5. The van der Waals surface area contributed by atoms with Crippen molar-refractivity contribution in [2.24, 2.45) is 5.73 Å². The Bertz CT molecular complexity index is 1070. The van der Waals surface area contributed by atoms with Gasteiger partial charge in [-0.2, -0.15) is 0 Å². The number of carbonyl (C=O) groups is 3. The van der Waals surface area contributed by atoms with Crippen molar-refractivity contribution in [2.75, 3.05) is 31.5 Å². The maximum Gasteiger partial charge on any atom is 0.322 e. The lowest BCUT2D eigenvalue weighted by Crippen LogP contribution is -2.60. The maximum absolute atomic E-state index is 13.5. The fourth-order valence-electron chi connectivity index (χ4n) is 4.37. The summed E-state index contributed by atoms with van der Waals surface area (Å²) in [6.07, 6.45) is 3.25. The first kappa shape index (κ1) is 28.8. The summed E-state index contributed by atoms with van der Waals surface area (Å²) >= 11 is 12.0. The Morgan fingerprint density at radius 2 is 1.78 bits per heavy atom. The third-order valence-corrected chi connectivity index (χ3v) is 7.13. The summed E-state index contributed by atoms with van der Waals surface area (Å²) in [6, 6.07) is 13.4. The molecule has 3 rings (SSSR count). The van der Waals surface area contributed by atoms with E-state index in [1.807, 2.05) is 37.3 Å². The van der Waals surface area contributed by atoms with Crippen LogP contribution in [0.2, 0.25) is 10.0 Å². The van der Waals surface area contributed by atoms with Crippen LogP contribution in [0.1, 0.15) is 38.2 Å². The zero-order valence-corrected chi connectivity index (χ0v) is 22.6. The lowest BCUT2D eigenvalue weighted by Gasteiger charge is -2.41. The molecule has 200 valence electrons. The van der Waals surface area contributed by atoms with Crippen molar-refractivity contribution in [3.63, 3.8) is 0 Å². The van der Waals surface area contributed by atoms with Crippen LogP contribution in [0.4, 0.5) is 10.5 Å². The van der Waals surface area contributed by atoms with E-state index in [1.54, 1.807) is 28.0 Å². The van der Waals surface area contributed by atoms with Crippen LogP contribution >= 0.6 is 23.2 Å². The first-order valence-corrected chi connectivity index (χ1v) is 13.4. The van der Waals surface area contributed by atoms with E-state index in [9.17, 15) is 14.4 Å². The molecule has 0 radical (unpaired) electrons. The number of urea groups is 1. The third-order valence-electron chi connectivity index (χ3n) is 6.39. The second kappa shape index (κ2) is 14.2. The van der Waals surface area contributed by atoms with Crippen molar-refractivity contribution in [2.45, 2.75) is 51.1 Å². The van der Waals surface area contributed by atoms with Crippen molar-refractivity contribution >= 4 is 46.7 Å². The second-order valence-corrected chi connectivity index (χ2v) is 10.1. The number of halogens is 2. The highest BCUT2D eigenvalue weighted by Crippen LogP contribution is 2.25. The number of hydrogen-bond donors (Lipinski definition) is 3. The van der Waals surface area contributed by atoms with E-state index in [1.165, 1.54) is 0 Å². The van der Waals surface area contributed by atoms with Gasteiger partial charge in [-0.3, -0.25) is 9.59 Å². The molecule has 2 aromatic carbocycles. The molecule has 1 saturated heterocycles. The van der Waals surface area contributed by atoms with Crippen LogP contribution in [0, 0.1) is 0 Å². The summed E-state index contributed by atoms with van der Waals surface area (Å²) in [5.74, 6) is -0.283. The van der Waals surface area contributed by atoms with Crippen LogP contribution in [0.5, 0.6) is 0 Å². The van der Waals surface area contributed by atoms with Crippen LogP contribution in [0.25, 0.3) is 0 Å². The van der Waals surface area contributed by atoms with Gasteiger partial charge < -0.3 is 26.2 Å². The molecule has 1 aliphatic rings. The number of hydrogen-bond acceptors (Lipinski definition) is 4. The van der Waals surface area contributed by atoms with Crippen molar-refractivity contribution in [1.82, 2.24) is 15.1 Å². The number of nitrogens with two attached hydrogens (primary N) is 1. The van der Waals surface area contributed by atoms with Crippen LogP contribution in [-0.4, -0.2) is 65.9 Å². The molecule has 0 bridgehead atoms. The largest absolute Gasteiger partial charge is 0.344 e. The lowest BCUT2D eigenvalue weighted by molar-refractivity contribution is -0.138. The molecule has 10 heteroatoms. The van der Waals surface area contributed by atoms with Crippen LogP contribution in [0.3, 0.4) is 0 Å². The van der Waals surface area contributed by atoms with E-state index in [-0.39, 0.29) is 23.9 Å². The Morgan fingerprint density at radius 1 is 1.03 bits per heavy atom. The van der Waals surface area contributed by atoms with Gasteiger partial charge >= 0.3 is 6.03 Å². The number of piperazine rings is 1. The maximum atomic E-state index is 13.5. The summed E-state index contributed by atoms with van der Waals surface area (Å²) in [7, 11) is 0. The van der Waals surface area contributed by atoms with E-state index in [0.717, 1.165) is 24.8 Å². The molecule has 2 atom stereocenters. The fourth-order valence-corrected chi connectivity index (χ4v) is 4.67. The number of benzene rings is 2. The molecule has 0 aromatic heterocycles. The van der Waals surface area contributed by atoms with Gasteiger partial charge in [0, 0.05) is 44.2 Å². The number of unbranched alkanes of at least 4 members (excludes halogenated alkanes) is 2. The molecule has 4 amide bonds. The number of anilines is 1. The lowest BCUT2D eigenvalue weighted by atomic mass is 10.0. The highest BCUT2D eigenvalue weighted by atomic mass is 35.5. The van der Waals surface area contributed by atoms with Gasteiger partial charge in [0.15, 0.2) is 0 Å². The molecule has 1 fully saturated rings. The molecule has 1 aliphatic heterocycles. The molecule has 4 N–H and O–H groups in total. The minimum atomic E-state index is -0.673. The Kier molecular flexibility index (Phi) is 11.0. The molecule has 37 heavy (non-hydrogen) atoms. The van der Waals surface area contributed by atoms with Crippen LogP contribution < -0.4 is 16.4 Å². The molecule has 1 heterocycles. The highest BCUT2D eigenvalue weighted by Gasteiger charge is 2.33. The molecule has 0 saturated carbocycles. The Morgan fingerprint density at radius 3 is 2.46 bits per heavy atom. The molecule has 0 spiro atoms. The van der Waals surface area contributed by atoms with Crippen molar-refractivity contribution < 1.29 is 14.4 Å². The predicted octanol–water partition coefficient (Wildman–Crippen LogP) is 4.30. The highest BCUT2D eigenvalue weighted by molar-refractivity contribution is 6.42. The molecular weight excluding hydrogens is 513 g/mol. The minimum Gasteiger partial charge on any atom is -0.344 e. The number of carbonyl (C=O) groups excluding carboxylic acids is 3. The molecule has 0 aliphatic carbocycles. The SMILES string of the molecule is CC1CN(C(=O)C(Cc2ccccc2)NC(=O)CCCCCN)CCN1C(=O)Nc1ccc(Cl)c(Cl)c1. The van der Waals surface area contributed by atoms with Gasteiger partial charge in [-0.1, -0.05) is 60.0 Å². The predicted molar refractivity (Wildman–Crippen MR) is 148 cm³/mol. The van der Waals surface area contributed by atoms with Gasteiger partial charge in [-0.25, -0.2) is 4.79 Å². The Balaban J connectivity index is 1.62. The fraction of sp³-hybridized carbons (Fsp3) is 0.444. The first-order chi connectivity index (χ1) is 17.8. The van der Waals surface area contributed by atoms with Crippen molar-refractivity contribution in [3.8, 4) is 0 Å². The second-order valence-electron chi connectivity index (χ2n) is 9.29. The summed E-state index contributed by atoms with van der Waals surface area (Å²) in [5, 5.41) is 6.56. The summed E-state index contributed by atoms with van der Waals surface area (Å²) < 4.78 is 0. The number of rotatable bonds is 10. The topological polar surface area (TPSA) is 108 Å². The molecule has 8 nitrogen and oxygen atoms in total. The van der Waals surface area contributed by atoms with Crippen molar-refractivity contribution in [1.29, 1.82) is 0 Å². The third kappa shape index (κ3) is 8.62. The quantitative estimate of drug-likeness (QED) is 0.385. The van der Waals surface area contributed by atoms with Crippen LogP contribution in [0.15, 0.2) is 48.5 Å². The van der Waals surface area contributed by atoms with Gasteiger partial charge in [0.2, 0.25) is 11.8 Å². The van der Waals surface area contributed by atoms with Gasteiger partial charge in [0.1, 0.15) is 6.04 Å². The minimum absolute atomic E-state index is 0.140. The first-order valence-electron chi connectivity index (χ1n) is 12.6. The monoisotopic (exact) mass is 547 g/mol. The summed E-state index contributed by atoms with van der Waals surface area (Å²) in [5.41, 5.74) is 7.05. The van der Waals surface area contributed by atoms with Gasteiger partial charge in [-0.05, 0) is 50.1 Å². The zero-order valence-electron chi connectivity index (χ0n) is 21.1. The van der Waals surface area contributed by atoms with Crippen LogP contribution in [-0.2, 0) is 16.0 Å². The van der Waals surface area contributed by atoms with Gasteiger partial charge in [0.25, 0.3) is 0 Å². The van der Waals surface area contributed by atoms with E-state index >= 15 is 0 Å². The normalized spacial score (nSPS) is 16.3. The molecular formula is C27H35Cl2N5O3. The number of amides is 4. The Labute approximate surface area is 228 Å². The smallest absolute Gasteiger partial charge is 0.322 e. The van der Waals surface area contributed by atoms with Gasteiger partial charge in [0.05, 0.1) is 10.0 Å².